The highest BCUT2D eigenvalue weighted by Crippen LogP contribution is 2.09. The fourth-order valence-electron chi connectivity index (χ4n) is 0.599. The molecule has 70 valence electrons. The highest BCUT2D eigenvalue weighted by Gasteiger charge is 1.98. The first kappa shape index (κ1) is 10.1. The van der Waals surface area contributed by atoms with Crippen molar-refractivity contribution in [1.29, 1.82) is 0 Å². The molecule has 1 rings (SSSR count). The van der Waals surface area contributed by atoms with Gasteiger partial charge in [-0.1, -0.05) is 23.4 Å². The highest BCUT2D eigenvalue weighted by atomic mass is 35.5. The van der Waals surface area contributed by atoms with E-state index in [0.717, 1.165) is 5.69 Å². The van der Waals surface area contributed by atoms with Crippen molar-refractivity contribution in [2.24, 2.45) is 16.7 Å². The van der Waals surface area contributed by atoms with E-state index in [2.05, 4.69) is 15.1 Å². The monoisotopic (exact) mass is 217 g/mol. The van der Waals surface area contributed by atoms with Crippen LogP contribution in [0.3, 0.4) is 0 Å². The Morgan fingerprint density at radius 3 is 2.85 bits per heavy atom. The Morgan fingerprint density at radius 2 is 2.31 bits per heavy atom. The molecule has 13 heavy (non-hydrogen) atoms. The third-order valence-electron chi connectivity index (χ3n) is 1.17. The number of nitrogens with zero attached hydrogens (tertiary/aromatic N) is 3. The zero-order valence-electron chi connectivity index (χ0n) is 6.64. The molecular weight excluding hydrogens is 210 g/mol. The molecule has 4 N–H and O–H groups in total. The molecule has 0 saturated heterocycles. The average Bonchev–Trinajstić information content (AvgIpc) is 2.16. The zero-order chi connectivity index (χ0) is 9.68. The SMILES string of the molecule is N/N=C(\N)SCc1cnc(Cl)cn1. The standard InChI is InChI=1S/C6H8ClN5S/c7-5-2-10-4(1-11-5)3-13-6(8)12-9/h1-2H,3,9H2,(H2,8,12). The number of thioether (sulfide) groups is 1. The highest BCUT2D eigenvalue weighted by molar-refractivity contribution is 8.13. The van der Waals surface area contributed by atoms with E-state index in [1.54, 1.807) is 6.20 Å². The second kappa shape index (κ2) is 4.88. The van der Waals surface area contributed by atoms with Crippen molar-refractivity contribution in [3.05, 3.63) is 23.2 Å². The van der Waals surface area contributed by atoms with E-state index in [9.17, 15) is 0 Å². The molecule has 0 aliphatic heterocycles. The number of hydrogen-bond acceptors (Lipinski definition) is 5. The summed E-state index contributed by atoms with van der Waals surface area (Å²) in [6, 6.07) is 0. The Kier molecular flexibility index (Phi) is 3.78. The molecule has 0 aliphatic rings. The number of hydrazone groups is 1. The van der Waals surface area contributed by atoms with Crippen LogP contribution in [0, 0.1) is 0 Å². The van der Waals surface area contributed by atoms with Gasteiger partial charge in [-0.3, -0.25) is 4.98 Å². The molecule has 1 heterocycles. The van der Waals surface area contributed by atoms with Crippen LogP contribution in [-0.2, 0) is 5.75 Å². The summed E-state index contributed by atoms with van der Waals surface area (Å²) in [5, 5.41) is 3.99. The van der Waals surface area contributed by atoms with Gasteiger partial charge in [-0.2, -0.15) is 5.10 Å². The maximum Gasteiger partial charge on any atom is 0.177 e. The predicted octanol–water partition coefficient (Wildman–Crippen LogP) is 0.552. The van der Waals surface area contributed by atoms with Crippen LogP contribution in [0.1, 0.15) is 5.69 Å². The van der Waals surface area contributed by atoms with E-state index in [1.807, 2.05) is 0 Å². The van der Waals surface area contributed by atoms with Gasteiger partial charge in [0, 0.05) is 5.75 Å². The van der Waals surface area contributed by atoms with Crippen LogP contribution in [0.2, 0.25) is 5.15 Å². The minimum atomic E-state index is 0.316. The molecule has 1 aromatic heterocycles. The lowest BCUT2D eigenvalue weighted by Crippen LogP contribution is -2.09. The van der Waals surface area contributed by atoms with Crippen LogP contribution in [0.4, 0.5) is 0 Å². The van der Waals surface area contributed by atoms with Gasteiger partial charge in [0.05, 0.1) is 18.1 Å². The van der Waals surface area contributed by atoms with Crippen LogP contribution in [0.5, 0.6) is 0 Å². The average molecular weight is 218 g/mol. The summed E-state index contributed by atoms with van der Waals surface area (Å²) in [4.78, 5) is 7.88. The normalized spacial score (nSPS) is 11.6. The summed E-state index contributed by atoms with van der Waals surface area (Å²) in [5.41, 5.74) is 6.14. The van der Waals surface area contributed by atoms with E-state index >= 15 is 0 Å². The molecule has 7 heteroatoms. The molecule has 1 aromatic rings. The number of hydrogen-bond donors (Lipinski definition) is 2. The number of rotatable bonds is 2. The van der Waals surface area contributed by atoms with Gasteiger partial charge in [-0.15, -0.1) is 0 Å². The van der Waals surface area contributed by atoms with Crippen molar-refractivity contribution in [1.82, 2.24) is 9.97 Å². The fourth-order valence-corrected chi connectivity index (χ4v) is 1.22. The second-order valence-corrected chi connectivity index (χ2v) is 3.47. The lowest BCUT2D eigenvalue weighted by atomic mass is 10.5. The van der Waals surface area contributed by atoms with Crippen molar-refractivity contribution in [3.8, 4) is 0 Å². The molecule has 0 unspecified atom stereocenters. The van der Waals surface area contributed by atoms with Crippen molar-refractivity contribution in [2.75, 3.05) is 0 Å². The largest absolute Gasteiger partial charge is 0.377 e. The molecule has 0 aromatic carbocycles. The maximum atomic E-state index is 5.55. The van der Waals surface area contributed by atoms with Crippen molar-refractivity contribution < 1.29 is 0 Å². The van der Waals surface area contributed by atoms with Crippen molar-refractivity contribution in [3.63, 3.8) is 0 Å². The van der Waals surface area contributed by atoms with Gasteiger partial charge < -0.3 is 11.6 Å². The molecule has 0 fully saturated rings. The Morgan fingerprint density at radius 1 is 1.54 bits per heavy atom. The predicted molar refractivity (Wildman–Crippen MR) is 54.1 cm³/mol. The minimum Gasteiger partial charge on any atom is -0.377 e. The lowest BCUT2D eigenvalue weighted by molar-refractivity contribution is 1.10. The zero-order valence-corrected chi connectivity index (χ0v) is 8.22. The topological polar surface area (TPSA) is 90.2 Å². The van der Waals surface area contributed by atoms with Gasteiger partial charge >= 0.3 is 0 Å². The first-order chi connectivity index (χ1) is 6.22. The molecule has 0 atom stereocenters. The van der Waals surface area contributed by atoms with Crippen LogP contribution in [0.15, 0.2) is 17.5 Å². The van der Waals surface area contributed by atoms with Gasteiger partial charge in [0.25, 0.3) is 0 Å². The van der Waals surface area contributed by atoms with E-state index in [-0.39, 0.29) is 0 Å². The number of halogens is 1. The summed E-state index contributed by atoms with van der Waals surface area (Å²) >= 11 is 6.85. The molecule has 0 radical (unpaired) electrons. The van der Waals surface area contributed by atoms with Gasteiger partial charge in [-0.25, -0.2) is 4.98 Å². The molecule has 5 nitrogen and oxygen atoms in total. The van der Waals surface area contributed by atoms with E-state index in [4.69, 9.17) is 23.2 Å². The third kappa shape index (κ3) is 3.47. The van der Waals surface area contributed by atoms with Gasteiger partial charge in [-0.05, 0) is 0 Å². The molecule has 0 amide bonds. The Balaban J connectivity index is 2.51. The molecule has 0 spiro atoms. The van der Waals surface area contributed by atoms with Gasteiger partial charge in [0.1, 0.15) is 5.15 Å². The van der Waals surface area contributed by atoms with Crippen molar-refractivity contribution >= 4 is 28.5 Å². The lowest BCUT2D eigenvalue weighted by Gasteiger charge is -1.98. The summed E-state index contributed by atoms with van der Waals surface area (Å²) in [6.45, 7) is 0. The number of nitrogens with two attached hydrogens (primary N) is 2. The summed E-state index contributed by atoms with van der Waals surface area (Å²) < 4.78 is 0. The Labute approximate surface area is 84.6 Å². The van der Waals surface area contributed by atoms with E-state index < -0.39 is 0 Å². The quantitative estimate of drug-likeness (QED) is 0.327. The molecular formula is C6H8ClN5S. The minimum absolute atomic E-state index is 0.316. The van der Waals surface area contributed by atoms with Crippen molar-refractivity contribution in [2.45, 2.75) is 5.75 Å². The van der Waals surface area contributed by atoms with Crippen LogP contribution < -0.4 is 11.6 Å². The van der Waals surface area contributed by atoms with Gasteiger partial charge in [0.15, 0.2) is 5.17 Å². The second-order valence-electron chi connectivity index (χ2n) is 2.09. The third-order valence-corrected chi connectivity index (χ3v) is 2.21. The molecule has 0 bridgehead atoms. The molecule has 0 saturated carbocycles. The maximum absolute atomic E-state index is 5.55. The summed E-state index contributed by atoms with van der Waals surface area (Å²) in [6.07, 6.45) is 3.06. The number of amidine groups is 1. The van der Waals surface area contributed by atoms with E-state index in [1.165, 1.54) is 18.0 Å². The fraction of sp³-hybridized carbons (Fsp3) is 0.167. The smallest absolute Gasteiger partial charge is 0.177 e. The van der Waals surface area contributed by atoms with Crippen LogP contribution in [0.25, 0.3) is 0 Å². The van der Waals surface area contributed by atoms with E-state index in [0.29, 0.717) is 16.1 Å². The van der Waals surface area contributed by atoms with Gasteiger partial charge in [0.2, 0.25) is 0 Å². The first-order valence-corrected chi connectivity index (χ1v) is 4.71. The summed E-state index contributed by atoms with van der Waals surface area (Å²) in [5.74, 6) is 5.53. The van der Waals surface area contributed by atoms with Crippen LogP contribution in [-0.4, -0.2) is 15.1 Å². The number of aromatic nitrogens is 2. The van der Waals surface area contributed by atoms with Crippen LogP contribution >= 0.6 is 23.4 Å². The summed E-state index contributed by atoms with van der Waals surface area (Å²) in [7, 11) is 0. The Bertz CT molecular complexity index is 298. The first-order valence-electron chi connectivity index (χ1n) is 3.35. The Hall–Kier alpha value is -1.01. The molecule has 0 aliphatic carbocycles.